The molecule has 40 heavy (non-hydrogen) atoms. The van der Waals surface area contributed by atoms with Gasteiger partial charge >= 0.3 is 35.8 Å². The molecule has 12 nitrogen and oxygen atoms in total. The van der Waals surface area contributed by atoms with Gasteiger partial charge in [0, 0.05) is 27.7 Å². The van der Waals surface area contributed by atoms with Gasteiger partial charge in [-0.2, -0.15) is 0 Å². The number of hydrogen-bond acceptors (Lipinski definition) is 12. The largest absolute Gasteiger partial charge is 0.462 e. The summed E-state index contributed by atoms with van der Waals surface area (Å²) in [5, 5.41) is 0. The molecular weight excluding hydrogens is 528 g/mol. The van der Waals surface area contributed by atoms with Crippen molar-refractivity contribution in [2.45, 2.75) is 52.1 Å². The number of rotatable bonds is 13. The Morgan fingerprint density at radius 1 is 0.500 bits per heavy atom. The second kappa shape index (κ2) is 15.6. The van der Waals surface area contributed by atoms with Gasteiger partial charge in [-0.3, -0.25) is 19.2 Å². The van der Waals surface area contributed by atoms with Gasteiger partial charge in [-0.25, -0.2) is 9.59 Å². The third kappa shape index (κ3) is 10.6. The Kier molecular flexibility index (Phi) is 12.3. The predicted octanol–water partition coefficient (Wildman–Crippen LogP) is 2.43. The number of benzene rings is 2. The Bertz CT molecular complexity index is 1180. The highest BCUT2D eigenvalue weighted by Gasteiger charge is 2.44. The molecule has 0 radical (unpaired) electrons. The molecule has 2 aromatic carbocycles. The molecule has 0 saturated carbocycles. The molecule has 0 N–H and O–H groups in total. The maximum atomic E-state index is 13.0. The van der Waals surface area contributed by atoms with Gasteiger partial charge < -0.3 is 28.4 Å². The van der Waals surface area contributed by atoms with E-state index in [9.17, 15) is 28.8 Å². The normalized spacial score (nSPS) is 13.4. The summed E-state index contributed by atoms with van der Waals surface area (Å²) < 4.78 is 31.9. The average molecular weight is 559 g/mol. The summed E-state index contributed by atoms with van der Waals surface area (Å²) in [6, 6.07) is 15.7. The summed E-state index contributed by atoms with van der Waals surface area (Å²) in [6.07, 6.45) is -6.42. The van der Waals surface area contributed by atoms with E-state index >= 15 is 0 Å². The summed E-state index contributed by atoms with van der Waals surface area (Å²) in [6.45, 7) is 2.96. The molecule has 0 bridgehead atoms. The molecular formula is C28H30O12. The van der Waals surface area contributed by atoms with Gasteiger partial charge in [-0.15, -0.1) is 0 Å². The summed E-state index contributed by atoms with van der Waals surface area (Å²) in [4.78, 5) is 73.3. The minimum Gasteiger partial charge on any atom is -0.462 e. The molecule has 4 atom stereocenters. The summed E-state index contributed by atoms with van der Waals surface area (Å²) in [5.74, 6) is -5.05. The van der Waals surface area contributed by atoms with Crippen molar-refractivity contribution in [3.8, 4) is 0 Å². The topological polar surface area (TPSA) is 158 Å². The zero-order valence-corrected chi connectivity index (χ0v) is 22.4. The Morgan fingerprint density at radius 3 is 1.32 bits per heavy atom. The summed E-state index contributed by atoms with van der Waals surface area (Å²) in [7, 11) is 0. The number of carbonyl (C=O) groups excluding carboxylic acids is 6. The number of ether oxygens (including phenoxy) is 6. The Hall–Kier alpha value is -4.74. The second-order valence-corrected chi connectivity index (χ2v) is 8.37. The fraction of sp³-hybridized carbons (Fsp3) is 0.357. The van der Waals surface area contributed by atoms with Crippen molar-refractivity contribution in [1.82, 2.24) is 0 Å². The number of hydrogen-bond donors (Lipinski definition) is 0. The standard InChI is InChI=1S/C28H30O12/c1-17(29)35-15-23(37-18(2)30)25(38-19(3)31)26(39-20(4)32)24(40-28(34)22-13-9-6-10-14-22)16-36-27(33)21-11-7-5-8-12-21/h5-14,23-26H,15-16H2,1-4H3/t23-,24-,25-,26-/m1/s1. The van der Waals surface area contributed by atoms with E-state index in [0.29, 0.717) is 0 Å². The molecule has 0 unspecified atom stereocenters. The molecule has 0 aliphatic carbocycles. The Balaban J connectivity index is 2.52. The molecule has 0 saturated heterocycles. The molecule has 0 spiro atoms. The number of carbonyl (C=O) groups is 6. The van der Waals surface area contributed by atoms with Gasteiger partial charge in [0.15, 0.2) is 24.4 Å². The van der Waals surface area contributed by atoms with Crippen molar-refractivity contribution in [2.24, 2.45) is 0 Å². The lowest BCUT2D eigenvalue weighted by Gasteiger charge is -2.35. The van der Waals surface area contributed by atoms with Crippen LogP contribution in [0.2, 0.25) is 0 Å². The van der Waals surface area contributed by atoms with E-state index in [1.807, 2.05) is 0 Å². The molecule has 214 valence electrons. The molecule has 0 heterocycles. The predicted molar refractivity (Wildman–Crippen MR) is 136 cm³/mol. The molecule has 0 aliphatic rings. The lowest BCUT2D eigenvalue weighted by molar-refractivity contribution is -0.200. The van der Waals surface area contributed by atoms with Crippen LogP contribution in [0.15, 0.2) is 60.7 Å². The fourth-order valence-corrected chi connectivity index (χ4v) is 3.49. The minimum absolute atomic E-state index is 0.115. The van der Waals surface area contributed by atoms with Crippen LogP contribution < -0.4 is 0 Å². The van der Waals surface area contributed by atoms with Crippen LogP contribution in [0.4, 0.5) is 0 Å². The lowest BCUT2D eigenvalue weighted by atomic mass is 10.0. The van der Waals surface area contributed by atoms with E-state index in [2.05, 4.69) is 0 Å². The first-order chi connectivity index (χ1) is 19.0. The van der Waals surface area contributed by atoms with Gasteiger partial charge in [0.25, 0.3) is 0 Å². The van der Waals surface area contributed by atoms with E-state index in [1.54, 1.807) is 36.4 Å². The lowest BCUT2D eigenvalue weighted by Crippen LogP contribution is -2.54. The SMILES string of the molecule is CC(=O)OC[C@@H](OC(C)=O)[C@@H](OC(C)=O)[C@H](OC(C)=O)[C@@H](COC(=O)c1ccccc1)OC(=O)c1ccccc1. The summed E-state index contributed by atoms with van der Waals surface area (Å²) in [5.41, 5.74) is 0.299. The fourth-order valence-electron chi connectivity index (χ4n) is 3.49. The smallest absolute Gasteiger partial charge is 0.338 e. The van der Waals surface area contributed by atoms with Crippen molar-refractivity contribution in [1.29, 1.82) is 0 Å². The van der Waals surface area contributed by atoms with E-state index in [4.69, 9.17) is 28.4 Å². The molecule has 0 amide bonds. The molecule has 0 aromatic heterocycles. The van der Waals surface area contributed by atoms with Crippen LogP contribution in [0.3, 0.4) is 0 Å². The van der Waals surface area contributed by atoms with Crippen molar-refractivity contribution in [3.63, 3.8) is 0 Å². The van der Waals surface area contributed by atoms with Crippen molar-refractivity contribution >= 4 is 35.8 Å². The monoisotopic (exact) mass is 558 g/mol. The van der Waals surface area contributed by atoms with Crippen LogP contribution in [0.5, 0.6) is 0 Å². The van der Waals surface area contributed by atoms with E-state index in [-0.39, 0.29) is 11.1 Å². The minimum atomic E-state index is -1.68. The van der Waals surface area contributed by atoms with Gasteiger partial charge in [0.05, 0.1) is 11.1 Å². The zero-order chi connectivity index (χ0) is 29.7. The first-order valence-electron chi connectivity index (χ1n) is 12.1. The highest BCUT2D eigenvalue weighted by molar-refractivity contribution is 5.90. The number of esters is 6. The van der Waals surface area contributed by atoms with Crippen LogP contribution in [0, 0.1) is 0 Å². The maximum absolute atomic E-state index is 13.0. The van der Waals surface area contributed by atoms with Crippen molar-refractivity contribution in [3.05, 3.63) is 71.8 Å². The van der Waals surface area contributed by atoms with Crippen molar-refractivity contribution < 1.29 is 57.2 Å². The van der Waals surface area contributed by atoms with E-state index in [0.717, 1.165) is 27.7 Å². The average Bonchev–Trinajstić information content (AvgIpc) is 2.91. The molecule has 2 aromatic rings. The van der Waals surface area contributed by atoms with Gasteiger partial charge in [0.2, 0.25) is 0 Å². The van der Waals surface area contributed by atoms with Crippen LogP contribution in [-0.4, -0.2) is 73.4 Å². The van der Waals surface area contributed by atoms with Gasteiger partial charge in [-0.1, -0.05) is 36.4 Å². The summed E-state index contributed by atoms with van der Waals surface area (Å²) >= 11 is 0. The van der Waals surface area contributed by atoms with Crippen LogP contribution in [-0.2, 0) is 47.6 Å². The zero-order valence-electron chi connectivity index (χ0n) is 22.4. The third-order valence-electron chi connectivity index (χ3n) is 5.09. The highest BCUT2D eigenvalue weighted by atomic mass is 16.6. The first kappa shape index (κ1) is 31.5. The molecule has 12 heteroatoms. The van der Waals surface area contributed by atoms with Crippen LogP contribution in [0.1, 0.15) is 48.4 Å². The first-order valence-corrected chi connectivity index (χ1v) is 12.1. The third-order valence-corrected chi connectivity index (χ3v) is 5.09. The van der Waals surface area contributed by atoms with Crippen molar-refractivity contribution in [2.75, 3.05) is 13.2 Å². The van der Waals surface area contributed by atoms with Gasteiger partial charge in [-0.05, 0) is 24.3 Å². The molecule has 2 rings (SSSR count). The van der Waals surface area contributed by atoms with E-state index < -0.39 is 73.4 Å². The van der Waals surface area contributed by atoms with Crippen LogP contribution >= 0.6 is 0 Å². The second-order valence-electron chi connectivity index (χ2n) is 8.37. The van der Waals surface area contributed by atoms with Gasteiger partial charge in [0.1, 0.15) is 13.2 Å². The van der Waals surface area contributed by atoms with E-state index in [1.165, 1.54) is 24.3 Å². The molecule has 0 fully saturated rings. The molecule has 0 aliphatic heterocycles. The Labute approximate surface area is 230 Å². The maximum Gasteiger partial charge on any atom is 0.338 e. The van der Waals surface area contributed by atoms with Crippen LogP contribution in [0.25, 0.3) is 0 Å². The Morgan fingerprint density at radius 2 is 0.900 bits per heavy atom. The highest BCUT2D eigenvalue weighted by Crippen LogP contribution is 2.22. The quantitative estimate of drug-likeness (QED) is 0.262.